The predicted octanol–water partition coefficient (Wildman–Crippen LogP) is 1.47. The second kappa shape index (κ2) is 3.54. The van der Waals surface area contributed by atoms with Crippen LogP contribution in [0, 0.1) is 23.6 Å². The number of aliphatic hydroxyl groups excluding tert-OH is 1. The number of anilines is 1. The summed E-state index contributed by atoms with van der Waals surface area (Å²) in [5.41, 5.74) is 0. The molecule has 1 aromatic rings. The van der Waals surface area contributed by atoms with Crippen molar-refractivity contribution in [3.63, 3.8) is 0 Å². The number of nitrogens with zero attached hydrogens (tertiary/aromatic N) is 3. The minimum atomic E-state index is -0.462. The zero-order valence-electron chi connectivity index (χ0n) is 9.63. The molecule has 2 bridgehead atoms. The molecule has 0 spiro atoms. The van der Waals surface area contributed by atoms with Gasteiger partial charge in [0.1, 0.15) is 0 Å². The largest absolute Gasteiger partial charge is 0.391 e. The summed E-state index contributed by atoms with van der Waals surface area (Å²) in [7, 11) is 0. The van der Waals surface area contributed by atoms with Crippen LogP contribution < -0.4 is 4.90 Å². The molecular weight excluding hydrogens is 257 g/mol. The Bertz CT molecular complexity index is 512. The van der Waals surface area contributed by atoms with E-state index in [0.29, 0.717) is 17.8 Å². The van der Waals surface area contributed by atoms with E-state index in [0.717, 1.165) is 25.6 Å². The first-order chi connectivity index (χ1) is 8.65. The molecule has 2 saturated carbocycles. The molecule has 5 atom stereocenters. The highest BCUT2D eigenvalue weighted by Crippen LogP contribution is 2.55. The summed E-state index contributed by atoms with van der Waals surface area (Å²) in [6.07, 6.45) is 2.86. The highest BCUT2D eigenvalue weighted by molar-refractivity contribution is 6.28. The number of halogens is 2. The molecule has 1 aliphatic heterocycles. The first kappa shape index (κ1) is 10.9. The fraction of sp³-hybridized carbons (Fsp3) is 0.667. The molecule has 3 fully saturated rings. The summed E-state index contributed by atoms with van der Waals surface area (Å²) in [6, 6.07) is 0.00853. The van der Waals surface area contributed by atoms with Crippen molar-refractivity contribution >= 4 is 17.4 Å². The van der Waals surface area contributed by atoms with Crippen LogP contribution in [0.3, 0.4) is 0 Å². The lowest BCUT2D eigenvalue weighted by molar-refractivity contribution is 0.0964. The lowest BCUT2D eigenvalue weighted by atomic mass is 9.88. The number of aliphatic hydroxyl groups is 1. The highest BCUT2D eigenvalue weighted by Gasteiger charge is 2.59. The summed E-state index contributed by atoms with van der Waals surface area (Å²) in [6.45, 7) is 0.771. The molecule has 6 heteroatoms. The first-order valence-corrected chi connectivity index (χ1v) is 6.65. The molecule has 5 unspecified atom stereocenters. The summed E-state index contributed by atoms with van der Waals surface area (Å²) in [4.78, 5) is 9.53. The molecule has 96 valence electrons. The van der Waals surface area contributed by atoms with Gasteiger partial charge in [-0.05, 0) is 42.2 Å². The zero-order valence-corrected chi connectivity index (χ0v) is 10.4. The van der Waals surface area contributed by atoms with Gasteiger partial charge in [0.25, 0.3) is 0 Å². The average molecular weight is 270 g/mol. The van der Waals surface area contributed by atoms with Crippen molar-refractivity contribution < 1.29 is 9.50 Å². The van der Waals surface area contributed by atoms with E-state index >= 15 is 0 Å². The average Bonchev–Trinajstić information content (AvgIpc) is 2.93. The minimum Gasteiger partial charge on any atom is -0.391 e. The van der Waals surface area contributed by atoms with Gasteiger partial charge in [0.05, 0.1) is 18.3 Å². The Hall–Kier alpha value is -0.940. The Labute approximate surface area is 109 Å². The van der Waals surface area contributed by atoms with Gasteiger partial charge in [-0.25, -0.2) is 9.37 Å². The number of hydrogen-bond donors (Lipinski definition) is 1. The van der Waals surface area contributed by atoms with E-state index in [4.69, 9.17) is 11.6 Å². The normalized spacial score (nSPS) is 40.8. The molecule has 0 radical (unpaired) electrons. The quantitative estimate of drug-likeness (QED) is 0.785. The summed E-state index contributed by atoms with van der Waals surface area (Å²) in [5.74, 6) is 1.22. The van der Waals surface area contributed by atoms with Gasteiger partial charge in [0, 0.05) is 6.54 Å². The fourth-order valence-electron chi connectivity index (χ4n) is 4.20. The van der Waals surface area contributed by atoms with Crippen molar-refractivity contribution in [2.75, 3.05) is 11.4 Å². The first-order valence-electron chi connectivity index (χ1n) is 6.28. The van der Waals surface area contributed by atoms with Crippen LogP contribution in [0.2, 0.25) is 5.28 Å². The molecule has 18 heavy (non-hydrogen) atoms. The van der Waals surface area contributed by atoms with Crippen molar-refractivity contribution in [3.8, 4) is 0 Å². The van der Waals surface area contributed by atoms with E-state index in [1.165, 1.54) is 0 Å². The molecule has 0 aromatic carbocycles. The monoisotopic (exact) mass is 269 g/mol. The van der Waals surface area contributed by atoms with Crippen molar-refractivity contribution in [1.82, 2.24) is 9.97 Å². The van der Waals surface area contributed by atoms with Crippen molar-refractivity contribution in [3.05, 3.63) is 17.3 Å². The van der Waals surface area contributed by atoms with Crippen molar-refractivity contribution in [2.24, 2.45) is 17.8 Å². The van der Waals surface area contributed by atoms with Gasteiger partial charge in [-0.1, -0.05) is 0 Å². The third kappa shape index (κ3) is 1.29. The standard InChI is InChI=1S/C12H13ClFN3O/c13-12-15-3-8(14)11(16-12)17-4-6-1-5-2-7(6)9(17)10(5)18/h3,5-7,9-10,18H,1-2,4H2. The summed E-state index contributed by atoms with van der Waals surface area (Å²) in [5, 5.41) is 10.3. The van der Waals surface area contributed by atoms with Gasteiger partial charge in [-0.15, -0.1) is 0 Å². The van der Waals surface area contributed by atoms with Crippen LogP contribution >= 0.6 is 11.6 Å². The van der Waals surface area contributed by atoms with Crippen LogP contribution in [0.5, 0.6) is 0 Å². The number of fused-ring (bicyclic) bond motifs is 1. The Balaban J connectivity index is 1.76. The Morgan fingerprint density at radius 2 is 2.22 bits per heavy atom. The number of hydrogen-bond acceptors (Lipinski definition) is 4. The Kier molecular flexibility index (Phi) is 2.15. The molecule has 2 heterocycles. The van der Waals surface area contributed by atoms with E-state index < -0.39 is 5.82 Å². The molecular formula is C12H13ClFN3O. The van der Waals surface area contributed by atoms with Crippen LogP contribution in [-0.2, 0) is 0 Å². The van der Waals surface area contributed by atoms with Gasteiger partial charge in [-0.2, -0.15) is 4.98 Å². The zero-order chi connectivity index (χ0) is 12.4. The maximum Gasteiger partial charge on any atom is 0.224 e. The second-order valence-corrected chi connectivity index (χ2v) is 5.94. The molecule has 4 nitrogen and oxygen atoms in total. The van der Waals surface area contributed by atoms with Crippen LogP contribution in [0.25, 0.3) is 0 Å². The van der Waals surface area contributed by atoms with Crippen LogP contribution in [0.15, 0.2) is 6.20 Å². The van der Waals surface area contributed by atoms with Crippen molar-refractivity contribution in [1.29, 1.82) is 0 Å². The Morgan fingerprint density at radius 3 is 3.00 bits per heavy atom. The smallest absolute Gasteiger partial charge is 0.224 e. The van der Waals surface area contributed by atoms with E-state index in [-0.39, 0.29) is 23.2 Å². The lowest BCUT2D eigenvalue weighted by Gasteiger charge is -2.29. The predicted molar refractivity (Wildman–Crippen MR) is 63.8 cm³/mol. The maximum atomic E-state index is 13.8. The van der Waals surface area contributed by atoms with Crippen molar-refractivity contribution in [2.45, 2.75) is 25.0 Å². The molecule has 1 aromatic heterocycles. The van der Waals surface area contributed by atoms with Gasteiger partial charge in [0.2, 0.25) is 5.28 Å². The van der Waals surface area contributed by atoms with E-state index in [1.807, 2.05) is 4.90 Å². The lowest BCUT2D eigenvalue weighted by Crippen LogP contribution is -2.41. The third-order valence-electron chi connectivity index (χ3n) is 4.82. The van der Waals surface area contributed by atoms with Crippen LogP contribution in [0.4, 0.5) is 10.2 Å². The molecule has 2 aliphatic carbocycles. The number of aromatic nitrogens is 2. The van der Waals surface area contributed by atoms with Gasteiger partial charge >= 0.3 is 0 Å². The van der Waals surface area contributed by atoms with Crippen LogP contribution in [-0.4, -0.2) is 33.8 Å². The van der Waals surface area contributed by atoms with E-state index in [9.17, 15) is 9.50 Å². The SMILES string of the molecule is OC1C2CC3CN(c4nc(Cl)ncc4F)C1C3C2. The second-order valence-electron chi connectivity index (χ2n) is 5.60. The van der Waals surface area contributed by atoms with E-state index in [1.54, 1.807) is 0 Å². The van der Waals surface area contributed by atoms with Gasteiger partial charge < -0.3 is 10.0 Å². The highest BCUT2D eigenvalue weighted by atomic mass is 35.5. The number of rotatable bonds is 1. The topological polar surface area (TPSA) is 49.2 Å². The molecule has 1 N–H and O–H groups in total. The van der Waals surface area contributed by atoms with Crippen LogP contribution in [0.1, 0.15) is 12.8 Å². The van der Waals surface area contributed by atoms with Gasteiger partial charge in [-0.3, -0.25) is 0 Å². The summed E-state index contributed by atoms with van der Waals surface area (Å²) < 4.78 is 13.8. The molecule has 0 amide bonds. The van der Waals surface area contributed by atoms with Gasteiger partial charge in [0.15, 0.2) is 11.6 Å². The van der Waals surface area contributed by atoms with E-state index in [2.05, 4.69) is 9.97 Å². The molecule has 1 saturated heterocycles. The fourth-order valence-corrected chi connectivity index (χ4v) is 4.33. The third-order valence-corrected chi connectivity index (χ3v) is 5.00. The maximum absolute atomic E-state index is 13.8. The minimum absolute atomic E-state index is 0.00853. The molecule has 4 rings (SSSR count). The molecule has 3 aliphatic rings. The Morgan fingerprint density at radius 1 is 1.39 bits per heavy atom. The summed E-state index contributed by atoms with van der Waals surface area (Å²) >= 11 is 5.74.